The van der Waals surface area contributed by atoms with E-state index in [4.69, 9.17) is 0 Å². The number of nitrogens with zero attached hydrogens (tertiary/aromatic N) is 3. The molecule has 3 aromatic carbocycles. The summed E-state index contributed by atoms with van der Waals surface area (Å²) in [4.78, 5) is 27.1. The van der Waals surface area contributed by atoms with Gasteiger partial charge in [0.15, 0.2) is 0 Å². The second kappa shape index (κ2) is 12.0. The first kappa shape index (κ1) is 30.3. The predicted molar refractivity (Wildman–Crippen MR) is 140 cm³/mol. The van der Waals surface area contributed by atoms with E-state index in [9.17, 15) is 40.3 Å². The second-order valence-electron chi connectivity index (χ2n) is 9.24. The molecule has 0 saturated carbocycles. The van der Waals surface area contributed by atoms with Crippen LogP contribution in [0.1, 0.15) is 34.8 Å². The lowest BCUT2D eigenvalue weighted by Gasteiger charge is -2.23. The summed E-state index contributed by atoms with van der Waals surface area (Å²) in [5.74, 6) is -2.34. The van der Waals surface area contributed by atoms with Crippen molar-refractivity contribution in [3.8, 4) is 16.9 Å². The van der Waals surface area contributed by atoms with E-state index in [2.05, 4.69) is 10.4 Å². The number of nitrogens with one attached hydrogen (secondary N) is 1. The molecule has 1 heterocycles. The van der Waals surface area contributed by atoms with Gasteiger partial charge in [-0.1, -0.05) is 37.3 Å². The van der Waals surface area contributed by atoms with Crippen molar-refractivity contribution in [1.82, 2.24) is 14.7 Å². The molecular weight excluding hydrogens is 569 g/mol. The van der Waals surface area contributed by atoms with Crippen molar-refractivity contribution in [2.45, 2.75) is 25.7 Å². The van der Waals surface area contributed by atoms with Crippen LogP contribution in [-0.2, 0) is 17.1 Å². The van der Waals surface area contributed by atoms with Crippen LogP contribution in [0.15, 0.2) is 78.9 Å². The van der Waals surface area contributed by atoms with Crippen molar-refractivity contribution in [3.63, 3.8) is 0 Å². The Labute approximate surface area is 235 Å². The molecule has 0 aliphatic carbocycles. The summed E-state index contributed by atoms with van der Waals surface area (Å²) in [5, 5.41) is 7.08. The summed E-state index contributed by atoms with van der Waals surface area (Å²) in [6, 6.07) is 16.2. The minimum absolute atomic E-state index is 0.0748. The molecule has 0 saturated heterocycles. The zero-order valence-electron chi connectivity index (χ0n) is 21.9. The molecule has 0 aliphatic heterocycles. The van der Waals surface area contributed by atoms with Gasteiger partial charge in [-0.2, -0.15) is 31.4 Å². The fourth-order valence-corrected chi connectivity index (χ4v) is 4.14. The number of rotatable bonds is 8. The number of halogens is 7. The summed E-state index contributed by atoms with van der Waals surface area (Å²) in [6.45, 7) is 0.817. The quantitative estimate of drug-likeness (QED) is 0.220. The van der Waals surface area contributed by atoms with Crippen LogP contribution in [0.2, 0.25) is 0 Å². The average Bonchev–Trinajstić information content (AvgIpc) is 3.35. The minimum atomic E-state index is -5.14. The van der Waals surface area contributed by atoms with E-state index in [0.717, 1.165) is 4.90 Å². The van der Waals surface area contributed by atoms with Gasteiger partial charge in [-0.3, -0.25) is 9.59 Å². The number of benzene rings is 3. The third-order valence-corrected chi connectivity index (χ3v) is 6.07. The SMILES string of the molecule is CCCN(CC(=O)Nc1cc(-c2ccccc2)nn1-c1ccc(F)cc1)C(=O)c1cc(C(F)(F)F)cc(C(F)(F)F)c1. The minimum Gasteiger partial charge on any atom is -0.329 e. The van der Waals surface area contributed by atoms with Crippen LogP contribution in [0.4, 0.5) is 36.6 Å². The van der Waals surface area contributed by atoms with E-state index in [0.29, 0.717) is 29.1 Å². The average molecular weight is 593 g/mol. The normalized spacial score (nSPS) is 11.8. The Morgan fingerprint density at radius 2 is 1.45 bits per heavy atom. The molecule has 0 radical (unpaired) electrons. The fraction of sp³-hybridized carbons (Fsp3) is 0.207. The number of carbonyl (C=O) groups is 2. The molecular formula is C29H23F7N4O2. The van der Waals surface area contributed by atoms with E-state index >= 15 is 0 Å². The molecule has 0 spiro atoms. The summed E-state index contributed by atoms with van der Waals surface area (Å²) >= 11 is 0. The maximum absolute atomic E-state index is 13.5. The molecule has 0 atom stereocenters. The maximum atomic E-state index is 13.5. The Balaban J connectivity index is 1.64. The van der Waals surface area contributed by atoms with E-state index in [1.807, 2.05) is 0 Å². The van der Waals surface area contributed by atoms with Gasteiger partial charge in [0.1, 0.15) is 18.2 Å². The third-order valence-electron chi connectivity index (χ3n) is 6.07. The van der Waals surface area contributed by atoms with Gasteiger partial charge in [0.2, 0.25) is 5.91 Å². The molecule has 1 N–H and O–H groups in total. The molecule has 0 unspecified atom stereocenters. The van der Waals surface area contributed by atoms with Gasteiger partial charge >= 0.3 is 12.4 Å². The van der Waals surface area contributed by atoms with Crippen LogP contribution in [0.5, 0.6) is 0 Å². The highest BCUT2D eigenvalue weighted by Crippen LogP contribution is 2.36. The lowest BCUT2D eigenvalue weighted by molar-refractivity contribution is -0.143. The van der Waals surface area contributed by atoms with E-state index in [1.54, 1.807) is 37.3 Å². The topological polar surface area (TPSA) is 67.2 Å². The van der Waals surface area contributed by atoms with Crippen LogP contribution in [0.3, 0.4) is 0 Å². The molecule has 13 heteroatoms. The molecule has 2 amide bonds. The smallest absolute Gasteiger partial charge is 0.329 e. The zero-order valence-corrected chi connectivity index (χ0v) is 21.9. The van der Waals surface area contributed by atoms with Crippen molar-refractivity contribution >= 4 is 17.6 Å². The van der Waals surface area contributed by atoms with Gasteiger partial charge in [-0.25, -0.2) is 9.07 Å². The Morgan fingerprint density at radius 1 is 0.857 bits per heavy atom. The van der Waals surface area contributed by atoms with Crippen molar-refractivity contribution in [3.05, 3.63) is 101 Å². The second-order valence-corrected chi connectivity index (χ2v) is 9.24. The first-order valence-electron chi connectivity index (χ1n) is 12.6. The van der Waals surface area contributed by atoms with Gasteiger partial charge in [0.05, 0.1) is 22.5 Å². The Morgan fingerprint density at radius 3 is 2.00 bits per heavy atom. The highest BCUT2D eigenvalue weighted by Gasteiger charge is 2.38. The maximum Gasteiger partial charge on any atom is 0.416 e. The van der Waals surface area contributed by atoms with E-state index in [-0.39, 0.29) is 24.8 Å². The Kier molecular flexibility index (Phi) is 8.69. The molecule has 0 aliphatic rings. The zero-order chi connectivity index (χ0) is 30.7. The van der Waals surface area contributed by atoms with Gasteiger partial charge < -0.3 is 10.2 Å². The van der Waals surface area contributed by atoms with Crippen LogP contribution in [-0.4, -0.2) is 39.6 Å². The van der Waals surface area contributed by atoms with Crippen LogP contribution < -0.4 is 5.32 Å². The number of hydrogen-bond acceptors (Lipinski definition) is 3. The van der Waals surface area contributed by atoms with Crippen LogP contribution in [0.25, 0.3) is 16.9 Å². The monoisotopic (exact) mass is 592 g/mol. The molecule has 0 bridgehead atoms. The first-order valence-corrected chi connectivity index (χ1v) is 12.6. The predicted octanol–water partition coefficient (Wildman–Crippen LogP) is 7.21. The van der Waals surface area contributed by atoms with Gasteiger partial charge in [0.25, 0.3) is 5.91 Å². The fourth-order valence-electron chi connectivity index (χ4n) is 4.14. The van der Waals surface area contributed by atoms with E-state index < -0.39 is 53.2 Å². The number of anilines is 1. The van der Waals surface area contributed by atoms with Crippen molar-refractivity contribution < 1.29 is 40.3 Å². The molecule has 220 valence electrons. The lowest BCUT2D eigenvalue weighted by atomic mass is 10.0. The van der Waals surface area contributed by atoms with E-state index in [1.165, 1.54) is 35.0 Å². The standard InChI is InChI=1S/C29H23F7N4O2/c1-2-12-39(27(42)19-13-20(28(31,32)33)15-21(14-19)29(34,35)36)17-26(41)37-25-16-24(18-6-4-3-5-7-18)38-40(25)23-10-8-22(30)9-11-23/h3-11,13-16H,2,12,17H2,1H3,(H,37,41). The summed E-state index contributed by atoms with van der Waals surface area (Å²) in [5.41, 5.74) is -2.61. The van der Waals surface area contributed by atoms with Crippen LogP contribution >= 0.6 is 0 Å². The number of aromatic nitrogens is 2. The molecule has 42 heavy (non-hydrogen) atoms. The molecule has 4 rings (SSSR count). The van der Waals surface area contributed by atoms with Gasteiger partial charge in [-0.15, -0.1) is 0 Å². The number of carbonyl (C=O) groups excluding carboxylic acids is 2. The van der Waals surface area contributed by atoms with Crippen molar-refractivity contribution in [2.75, 3.05) is 18.4 Å². The largest absolute Gasteiger partial charge is 0.416 e. The highest BCUT2D eigenvalue weighted by molar-refractivity contribution is 5.99. The third kappa shape index (κ3) is 7.14. The number of alkyl halides is 6. The Bertz CT molecular complexity index is 1530. The van der Waals surface area contributed by atoms with Gasteiger partial charge in [-0.05, 0) is 48.9 Å². The van der Waals surface area contributed by atoms with Crippen molar-refractivity contribution in [2.24, 2.45) is 0 Å². The summed E-state index contributed by atoms with van der Waals surface area (Å²) in [7, 11) is 0. The van der Waals surface area contributed by atoms with Crippen LogP contribution in [0, 0.1) is 5.82 Å². The molecule has 1 aromatic heterocycles. The van der Waals surface area contributed by atoms with Crippen molar-refractivity contribution in [1.29, 1.82) is 0 Å². The number of amides is 2. The number of hydrogen-bond donors (Lipinski definition) is 1. The summed E-state index contributed by atoms with van der Waals surface area (Å²) < 4.78 is 94.9. The Hall–Kier alpha value is -4.68. The van der Waals surface area contributed by atoms with Gasteiger partial charge in [0, 0.05) is 23.7 Å². The molecule has 6 nitrogen and oxygen atoms in total. The molecule has 4 aromatic rings. The summed E-state index contributed by atoms with van der Waals surface area (Å²) in [6.07, 6.45) is -10.0. The highest BCUT2D eigenvalue weighted by atomic mass is 19.4. The molecule has 0 fully saturated rings. The first-order chi connectivity index (χ1) is 19.8. The lowest BCUT2D eigenvalue weighted by Crippen LogP contribution is -2.39.